The number of pyridine rings is 1. The molecule has 0 radical (unpaired) electrons. The van der Waals surface area contributed by atoms with E-state index in [2.05, 4.69) is 20.9 Å². The zero-order chi connectivity index (χ0) is 10.0. The van der Waals surface area contributed by atoms with Crippen LogP contribution in [0.15, 0.2) is 6.20 Å². The fraction of sp³-hybridized carbons (Fsp3) is 0.286. The monoisotopic (exact) mass is 362 g/mol. The summed E-state index contributed by atoms with van der Waals surface area (Å²) in [6.45, 7) is 0. The number of nitrogens with zero attached hydrogens (tertiary/aromatic N) is 1. The van der Waals surface area contributed by atoms with E-state index >= 15 is 0 Å². The molecule has 0 aliphatic carbocycles. The Morgan fingerprint density at radius 1 is 1.62 bits per heavy atom. The van der Waals surface area contributed by atoms with Gasteiger partial charge >= 0.3 is 0 Å². The van der Waals surface area contributed by atoms with E-state index in [-0.39, 0.29) is 5.56 Å². The molecular weight excluding hydrogens is 357 g/mol. The molecule has 1 aromatic rings. The van der Waals surface area contributed by atoms with Gasteiger partial charge in [-0.1, -0.05) is 15.9 Å². The van der Waals surface area contributed by atoms with Crippen LogP contribution in [0.4, 0.5) is 14.6 Å². The van der Waals surface area contributed by atoms with E-state index in [0.717, 1.165) is 6.20 Å². The molecule has 0 spiro atoms. The molecule has 0 saturated heterocycles. The highest BCUT2D eigenvalue weighted by Crippen LogP contribution is 2.29. The van der Waals surface area contributed by atoms with Crippen LogP contribution in [0.3, 0.4) is 0 Å². The van der Waals surface area contributed by atoms with Gasteiger partial charge in [0.1, 0.15) is 5.82 Å². The van der Waals surface area contributed by atoms with Gasteiger partial charge in [-0.25, -0.2) is 13.8 Å². The van der Waals surface area contributed by atoms with Crippen molar-refractivity contribution in [2.75, 3.05) is 5.73 Å². The Balaban J connectivity index is 3.30. The van der Waals surface area contributed by atoms with Crippen LogP contribution in [0.5, 0.6) is 0 Å². The minimum atomic E-state index is -2.51. The number of nitrogen functional groups attached to an aromatic ring is 1. The number of alkyl halides is 3. The van der Waals surface area contributed by atoms with E-state index in [4.69, 9.17) is 5.73 Å². The van der Waals surface area contributed by atoms with Gasteiger partial charge in [0.15, 0.2) is 0 Å². The Morgan fingerprint density at radius 2 is 2.23 bits per heavy atom. The summed E-state index contributed by atoms with van der Waals surface area (Å²) in [7, 11) is 0. The van der Waals surface area contributed by atoms with Crippen molar-refractivity contribution >= 4 is 44.3 Å². The predicted octanol–water partition coefficient (Wildman–Crippen LogP) is 3.10. The van der Waals surface area contributed by atoms with Crippen LogP contribution < -0.4 is 5.73 Å². The molecular formula is C7H6BrF2IN2. The average molecular weight is 363 g/mol. The standard InChI is InChI=1S/C7H6BrF2IN2/c8-1-3-4(6(9)10)2-13-7(12)5(3)11/h2,6H,1H2,(H2,12,13). The number of aromatic nitrogens is 1. The van der Waals surface area contributed by atoms with Crippen molar-refractivity contribution in [3.8, 4) is 0 Å². The highest BCUT2D eigenvalue weighted by molar-refractivity contribution is 14.1. The summed E-state index contributed by atoms with van der Waals surface area (Å²) < 4.78 is 25.4. The van der Waals surface area contributed by atoms with E-state index in [1.54, 1.807) is 0 Å². The first-order valence-electron chi connectivity index (χ1n) is 3.34. The van der Waals surface area contributed by atoms with Crippen LogP contribution in [-0.4, -0.2) is 4.98 Å². The second kappa shape index (κ2) is 4.50. The maximum Gasteiger partial charge on any atom is 0.265 e. The van der Waals surface area contributed by atoms with Crippen LogP contribution >= 0.6 is 38.5 Å². The van der Waals surface area contributed by atoms with Crippen LogP contribution in [0.2, 0.25) is 0 Å². The first kappa shape index (κ1) is 11.1. The van der Waals surface area contributed by atoms with Crippen molar-refractivity contribution in [2.24, 2.45) is 0 Å². The highest BCUT2D eigenvalue weighted by atomic mass is 127. The summed E-state index contributed by atoms with van der Waals surface area (Å²) in [5.74, 6) is 0.291. The zero-order valence-electron chi connectivity index (χ0n) is 6.40. The minimum Gasteiger partial charge on any atom is -0.383 e. The maximum absolute atomic E-state index is 12.4. The summed E-state index contributed by atoms with van der Waals surface area (Å²) in [4.78, 5) is 3.68. The van der Waals surface area contributed by atoms with E-state index in [1.165, 1.54) is 0 Å². The molecule has 72 valence electrons. The van der Waals surface area contributed by atoms with E-state index in [1.807, 2.05) is 22.6 Å². The molecule has 0 amide bonds. The third kappa shape index (κ3) is 2.28. The Bertz CT molecular complexity index is 320. The van der Waals surface area contributed by atoms with Gasteiger partial charge in [0.05, 0.1) is 3.57 Å². The van der Waals surface area contributed by atoms with Gasteiger partial charge in [0.25, 0.3) is 6.43 Å². The Kier molecular flexibility index (Phi) is 3.84. The third-order valence-corrected chi connectivity index (χ3v) is 3.31. The topological polar surface area (TPSA) is 38.9 Å². The Hall–Kier alpha value is 0.0200. The lowest BCUT2D eigenvalue weighted by Crippen LogP contribution is -2.02. The van der Waals surface area contributed by atoms with Crippen LogP contribution in [0, 0.1) is 3.57 Å². The van der Waals surface area contributed by atoms with Gasteiger partial charge in [0.2, 0.25) is 0 Å². The lowest BCUT2D eigenvalue weighted by molar-refractivity contribution is 0.150. The van der Waals surface area contributed by atoms with E-state index < -0.39 is 6.43 Å². The van der Waals surface area contributed by atoms with Gasteiger partial charge in [-0.05, 0) is 28.2 Å². The number of halogens is 4. The third-order valence-electron chi connectivity index (χ3n) is 1.55. The number of hydrogen-bond donors (Lipinski definition) is 1. The first-order valence-corrected chi connectivity index (χ1v) is 5.54. The lowest BCUT2D eigenvalue weighted by Gasteiger charge is -2.09. The van der Waals surface area contributed by atoms with Gasteiger partial charge in [-0.3, -0.25) is 0 Å². The van der Waals surface area contributed by atoms with Gasteiger partial charge < -0.3 is 5.73 Å². The lowest BCUT2D eigenvalue weighted by atomic mass is 10.1. The van der Waals surface area contributed by atoms with E-state index in [9.17, 15) is 8.78 Å². The normalized spacial score (nSPS) is 10.8. The molecule has 2 nitrogen and oxygen atoms in total. The fourth-order valence-corrected chi connectivity index (χ4v) is 2.65. The molecule has 13 heavy (non-hydrogen) atoms. The van der Waals surface area contributed by atoms with Crippen molar-refractivity contribution < 1.29 is 8.78 Å². The van der Waals surface area contributed by atoms with Gasteiger partial charge in [-0.15, -0.1) is 0 Å². The fourth-order valence-electron chi connectivity index (χ4n) is 0.879. The van der Waals surface area contributed by atoms with Crippen molar-refractivity contribution in [3.05, 3.63) is 20.9 Å². The average Bonchev–Trinajstić information content (AvgIpc) is 2.09. The Morgan fingerprint density at radius 3 is 2.69 bits per heavy atom. The summed E-state index contributed by atoms with van der Waals surface area (Å²) in [6, 6.07) is 0. The summed E-state index contributed by atoms with van der Waals surface area (Å²) in [6.07, 6.45) is -1.38. The van der Waals surface area contributed by atoms with Crippen molar-refractivity contribution in [1.29, 1.82) is 0 Å². The smallest absolute Gasteiger partial charge is 0.265 e. The molecule has 0 fully saturated rings. The Labute approximate surface area is 96.2 Å². The summed E-state index contributed by atoms with van der Waals surface area (Å²) >= 11 is 5.05. The maximum atomic E-state index is 12.4. The van der Waals surface area contributed by atoms with Gasteiger partial charge in [0, 0.05) is 17.1 Å². The predicted molar refractivity (Wildman–Crippen MR) is 59.0 cm³/mol. The molecule has 0 unspecified atom stereocenters. The van der Waals surface area contributed by atoms with Crippen LogP contribution in [0.25, 0.3) is 0 Å². The molecule has 2 N–H and O–H groups in total. The highest BCUT2D eigenvalue weighted by Gasteiger charge is 2.16. The van der Waals surface area contributed by atoms with Crippen LogP contribution in [-0.2, 0) is 5.33 Å². The largest absolute Gasteiger partial charge is 0.383 e. The molecule has 0 aliphatic rings. The number of hydrogen-bond acceptors (Lipinski definition) is 2. The second-order valence-electron chi connectivity index (χ2n) is 2.33. The molecule has 0 bridgehead atoms. The molecule has 1 heterocycles. The quantitative estimate of drug-likeness (QED) is 0.648. The molecule has 0 aromatic carbocycles. The zero-order valence-corrected chi connectivity index (χ0v) is 10.1. The number of nitrogens with two attached hydrogens (primary N) is 1. The number of rotatable bonds is 2. The SMILES string of the molecule is Nc1ncc(C(F)F)c(CBr)c1I. The van der Waals surface area contributed by atoms with Crippen molar-refractivity contribution in [2.45, 2.75) is 11.8 Å². The van der Waals surface area contributed by atoms with Crippen molar-refractivity contribution in [1.82, 2.24) is 4.98 Å². The van der Waals surface area contributed by atoms with Crippen molar-refractivity contribution in [3.63, 3.8) is 0 Å². The van der Waals surface area contributed by atoms with Gasteiger partial charge in [-0.2, -0.15) is 0 Å². The minimum absolute atomic E-state index is 0.0597. The molecule has 0 atom stereocenters. The second-order valence-corrected chi connectivity index (χ2v) is 3.97. The molecule has 0 aliphatic heterocycles. The summed E-state index contributed by atoms with van der Waals surface area (Å²) in [5, 5.41) is 0.359. The molecule has 1 aromatic heterocycles. The first-order chi connectivity index (χ1) is 6.07. The summed E-state index contributed by atoms with van der Waals surface area (Å²) in [5.41, 5.74) is 5.94. The molecule has 6 heteroatoms. The molecule has 1 rings (SSSR count). The number of anilines is 1. The van der Waals surface area contributed by atoms with E-state index in [0.29, 0.717) is 20.3 Å². The molecule has 0 saturated carbocycles. The van der Waals surface area contributed by atoms with Crippen LogP contribution in [0.1, 0.15) is 17.6 Å².